The molecular formula is C20H38INO3Si. The molecule has 0 fully saturated rings. The van der Waals surface area contributed by atoms with E-state index in [1.807, 2.05) is 19.1 Å². The van der Waals surface area contributed by atoms with E-state index in [2.05, 4.69) is 76.9 Å². The van der Waals surface area contributed by atoms with E-state index >= 15 is 0 Å². The number of hydrogen-bond donors (Lipinski definition) is 1. The Labute approximate surface area is 175 Å². The number of primary amides is 1. The van der Waals surface area contributed by atoms with Gasteiger partial charge in [-0.25, -0.2) is 4.79 Å². The van der Waals surface area contributed by atoms with Crippen molar-refractivity contribution < 1.29 is 14.0 Å². The fraction of sp³-hybridized carbons (Fsp3) is 0.750. The molecule has 0 saturated carbocycles. The lowest BCUT2D eigenvalue weighted by molar-refractivity contribution is -0.0166. The molecule has 0 bridgehead atoms. The molecule has 0 radical (unpaired) electrons. The second kappa shape index (κ2) is 10.9. The van der Waals surface area contributed by atoms with Crippen LogP contribution in [0.4, 0.5) is 4.79 Å². The Morgan fingerprint density at radius 3 is 2.15 bits per heavy atom. The summed E-state index contributed by atoms with van der Waals surface area (Å²) in [5.41, 5.74) is 5.36. The molecule has 1 amide bonds. The molecule has 0 aliphatic carbocycles. The minimum absolute atomic E-state index is 0.00303. The van der Waals surface area contributed by atoms with Crippen LogP contribution >= 0.6 is 22.6 Å². The van der Waals surface area contributed by atoms with E-state index in [1.54, 1.807) is 6.08 Å². The number of halogens is 1. The van der Waals surface area contributed by atoms with Gasteiger partial charge in [-0.2, -0.15) is 0 Å². The molecule has 26 heavy (non-hydrogen) atoms. The number of ether oxygens (including phenoxy) is 1. The van der Waals surface area contributed by atoms with Crippen LogP contribution in [0, 0.1) is 17.8 Å². The molecule has 6 heteroatoms. The van der Waals surface area contributed by atoms with Crippen molar-refractivity contribution in [3.63, 3.8) is 0 Å². The van der Waals surface area contributed by atoms with Crippen LogP contribution in [0.3, 0.4) is 0 Å². The highest BCUT2D eigenvalue weighted by Crippen LogP contribution is 2.40. The van der Waals surface area contributed by atoms with Gasteiger partial charge in [0.05, 0.1) is 6.10 Å². The number of nitrogens with two attached hydrogens (primary N) is 1. The minimum atomic E-state index is -1.97. The predicted octanol–water partition coefficient (Wildman–Crippen LogP) is 5.93. The van der Waals surface area contributed by atoms with Crippen LogP contribution in [-0.2, 0) is 9.16 Å². The number of alkyl halides is 1. The SMILES string of the molecule is C=C/C=C\[C@H](C)[C@H](OC(N)=O)[C@@H](C)[C@H](O[Si](C)(C)C(C)(C)C)[C@@H](C)CI. The standard InChI is InChI=1S/C20H38INO3Si/c1-10-11-12-14(2)17(24-19(22)23)16(4)18(15(3)13-21)25-26(8,9)20(5,6)7/h10-12,14-18H,1,13H2,2-9H3,(H2,22,23)/b12-11-/t14-,15-,16+,17-,18+/m0/s1. The zero-order valence-electron chi connectivity index (χ0n) is 17.7. The molecule has 0 rings (SSSR count). The Morgan fingerprint density at radius 1 is 1.23 bits per heavy atom. The normalized spacial score (nSPS) is 18.8. The van der Waals surface area contributed by atoms with Crippen LogP contribution < -0.4 is 5.73 Å². The number of rotatable bonds is 10. The summed E-state index contributed by atoms with van der Waals surface area (Å²) in [6.45, 7) is 21.3. The molecule has 0 aromatic heterocycles. The highest BCUT2D eigenvalue weighted by molar-refractivity contribution is 14.1. The van der Waals surface area contributed by atoms with Crippen LogP contribution in [-0.4, -0.2) is 31.0 Å². The molecule has 0 aliphatic heterocycles. The van der Waals surface area contributed by atoms with Gasteiger partial charge in [0.25, 0.3) is 0 Å². The third-order valence-corrected chi connectivity index (χ3v) is 11.3. The Morgan fingerprint density at radius 2 is 1.77 bits per heavy atom. The summed E-state index contributed by atoms with van der Waals surface area (Å²) in [5.74, 6) is 0.377. The molecule has 0 spiro atoms. The Balaban J connectivity index is 5.76. The number of amides is 1. The molecule has 0 unspecified atom stereocenters. The zero-order chi connectivity index (χ0) is 20.7. The van der Waals surface area contributed by atoms with E-state index < -0.39 is 14.4 Å². The van der Waals surface area contributed by atoms with Gasteiger partial charge >= 0.3 is 6.09 Å². The summed E-state index contributed by atoms with van der Waals surface area (Å²) in [5, 5.41) is 0.115. The van der Waals surface area contributed by atoms with Crippen molar-refractivity contribution in [3.05, 3.63) is 24.8 Å². The topological polar surface area (TPSA) is 61.5 Å². The van der Waals surface area contributed by atoms with E-state index in [0.29, 0.717) is 5.92 Å². The van der Waals surface area contributed by atoms with Gasteiger partial charge in [0.15, 0.2) is 8.32 Å². The molecule has 4 nitrogen and oxygen atoms in total. The third kappa shape index (κ3) is 7.72. The Kier molecular flexibility index (Phi) is 10.7. The van der Waals surface area contributed by atoms with Crippen molar-refractivity contribution in [2.45, 2.75) is 71.9 Å². The van der Waals surface area contributed by atoms with Crippen molar-refractivity contribution >= 4 is 37.0 Å². The molecular weight excluding hydrogens is 457 g/mol. The first kappa shape index (κ1) is 25.7. The molecule has 0 saturated heterocycles. The van der Waals surface area contributed by atoms with Crippen LogP contribution in [0.25, 0.3) is 0 Å². The van der Waals surface area contributed by atoms with E-state index in [0.717, 1.165) is 4.43 Å². The number of carbonyl (C=O) groups excluding carboxylic acids is 1. The molecule has 5 atom stereocenters. The molecule has 0 aromatic carbocycles. The first-order valence-corrected chi connectivity index (χ1v) is 13.7. The molecule has 0 aliphatic rings. The van der Waals surface area contributed by atoms with Gasteiger partial charge in [0.2, 0.25) is 0 Å². The molecule has 152 valence electrons. The van der Waals surface area contributed by atoms with Gasteiger partial charge in [0, 0.05) is 16.3 Å². The van der Waals surface area contributed by atoms with Crippen molar-refractivity contribution in [1.29, 1.82) is 0 Å². The first-order valence-electron chi connectivity index (χ1n) is 9.27. The zero-order valence-corrected chi connectivity index (χ0v) is 20.9. The van der Waals surface area contributed by atoms with Gasteiger partial charge < -0.3 is 14.9 Å². The maximum Gasteiger partial charge on any atom is 0.404 e. The lowest BCUT2D eigenvalue weighted by atomic mass is 9.84. The van der Waals surface area contributed by atoms with E-state index in [1.165, 1.54) is 0 Å². The highest BCUT2D eigenvalue weighted by atomic mass is 127. The van der Waals surface area contributed by atoms with Crippen molar-refractivity contribution in [1.82, 2.24) is 0 Å². The van der Waals surface area contributed by atoms with Gasteiger partial charge in [0.1, 0.15) is 6.10 Å². The van der Waals surface area contributed by atoms with Crippen molar-refractivity contribution in [2.24, 2.45) is 23.5 Å². The number of carbonyl (C=O) groups is 1. The van der Waals surface area contributed by atoms with Crippen LogP contribution in [0.15, 0.2) is 24.8 Å². The van der Waals surface area contributed by atoms with Gasteiger partial charge in [-0.05, 0) is 24.1 Å². The van der Waals surface area contributed by atoms with E-state index in [9.17, 15) is 4.79 Å². The lowest BCUT2D eigenvalue weighted by Gasteiger charge is -2.44. The smallest absolute Gasteiger partial charge is 0.404 e. The number of allylic oxidation sites excluding steroid dienone is 2. The first-order chi connectivity index (χ1) is 11.8. The average molecular weight is 496 g/mol. The maximum atomic E-state index is 11.5. The second-order valence-electron chi connectivity index (χ2n) is 8.71. The van der Waals surface area contributed by atoms with E-state index in [4.69, 9.17) is 14.9 Å². The molecule has 0 heterocycles. The van der Waals surface area contributed by atoms with Gasteiger partial charge in [-0.3, -0.25) is 0 Å². The van der Waals surface area contributed by atoms with Crippen molar-refractivity contribution in [3.8, 4) is 0 Å². The van der Waals surface area contributed by atoms with Crippen LogP contribution in [0.5, 0.6) is 0 Å². The summed E-state index contributed by atoms with van der Waals surface area (Å²) in [6, 6.07) is 0. The highest BCUT2D eigenvalue weighted by Gasteiger charge is 2.43. The monoisotopic (exact) mass is 495 g/mol. The summed E-state index contributed by atoms with van der Waals surface area (Å²) in [7, 11) is -1.97. The third-order valence-electron chi connectivity index (χ3n) is 5.40. The maximum absolute atomic E-state index is 11.5. The number of hydrogen-bond acceptors (Lipinski definition) is 3. The van der Waals surface area contributed by atoms with Gasteiger partial charge in [-0.1, -0.05) is 88.9 Å². The van der Waals surface area contributed by atoms with Gasteiger partial charge in [-0.15, -0.1) is 0 Å². The fourth-order valence-corrected chi connectivity index (χ4v) is 4.71. The largest absolute Gasteiger partial charge is 0.445 e. The molecule has 0 aromatic rings. The summed E-state index contributed by atoms with van der Waals surface area (Å²) in [6.07, 6.45) is 4.50. The Hall–Kier alpha value is -0.343. The Bertz CT molecular complexity index is 488. The lowest BCUT2D eigenvalue weighted by Crippen LogP contribution is -2.51. The average Bonchev–Trinajstić information content (AvgIpc) is 2.52. The summed E-state index contributed by atoms with van der Waals surface area (Å²) < 4.78 is 13.3. The predicted molar refractivity (Wildman–Crippen MR) is 122 cm³/mol. The molecule has 2 N–H and O–H groups in total. The second-order valence-corrected chi connectivity index (χ2v) is 14.4. The quantitative estimate of drug-likeness (QED) is 0.177. The fourth-order valence-electron chi connectivity index (χ4n) is 2.72. The minimum Gasteiger partial charge on any atom is -0.445 e. The summed E-state index contributed by atoms with van der Waals surface area (Å²) >= 11 is 2.40. The van der Waals surface area contributed by atoms with Crippen LogP contribution in [0.2, 0.25) is 18.1 Å². The van der Waals surface area contributed by atoms with E-state index in [-0.39, 0.29) is 29.1 Å². The summed E-state index contributed by atoms with van der Waals surface area (Å²) in [4.78, 5) is 11.5. The van der Waals surface area contributed by atoms with Crippen molar-refractivity contribution in [2.75, 3.05) is 4.43 Å². The van der Waals surface area contributed by atoms with Crippen LogP contribution in [0.1, 0.15) is 41.5 Å².